The van der Waals surface area contributed by atoms with E-state index in [2.05, 4.69) is 11.4 Å². The average molecular weight is 210 g/mol. The number of nitriles is 1. The van der Waals surface area contributed by atoms with E-state index in [-0.39, 0.29) is 11.4 Å². The topological polar surface area (TPSA) is 52.9 Å². The molecule has 15 heavy (non-hydrogen) atoms. The molecule has 0 fully saturated rings. The van der Waals surface area contributed by atoms with Gasteiger partial charge in [0, 0.05) is 12.0 Å². The lowest BCUT2D eigenvalue weighted by molar-refractivity contribution is -0.123. The van der Waals surface area contributed by atoms with Gasteiger partial charge in [0.15, 0.2) is 0 Å². The van der Waals surface area contributed by atoms with Crippen molar-refractivity contribution >= 4 is 5.91 Å². The molecule has 0 radical (unpaired) electrons. The molecule has 0 heterocycles. The van der Waals surface area contributed by atoms with Crippen molar-refractivity contribution in [2.24, 2.45) is 5.41 Å². The van der Waals surface area contributed by atoms with E-state index in [0.29, 0.717) is 12.8 Å². The van der Waals surface area contributed by atoms with Gasteiger partial charge in [-0.25, -0.2) is 0 Å². The zero-order chi connectivity index (χ0) is 12.1. The van der Waals surface area contributed by atoms with Gasteiger partial charge in [0.25, 0.3) is 0 Å². The summed E-state index contributed by atoms with van der Waals surface area (Å²) >= 11 is 0. The first kappa shape index (κ1) is 14.0. The SMILES string of the molecule is CCC(C)(C)NC(=O)CCC(C)(C)C#N. The number of nitrogens with one attached hydrogen (secondary N) is 1. The van der Waals surface area contributed by atoms with Gasteiger partial charge in [-0.05, 0) is 40.5 Å². The highest BCUT2D eigenvalue weighted by atomic mass is 16.1. The van der Waals surface area contributed by atoms with Gasteiger partial charge in [-0.3, -0.25) is 4.79 Å². The zero-order valence-electron chi connectivity index (χ0n) is 10.5. The van der Waals surface area contributed by atoms with E-state index >= 15 is 0 Å². The average Bonchev–Trinajstić information content (AvgIpc) is 2.15. The molecule has 0 saturated carbocycles. The van der Waals surface area contributed by atoms with Gasteiger partial charge in [-0.15, -0.1) is 0 Å². The van der Waals surface area contributed by atoms with Crippen molar-refractivity contribution < 1.29 is 4.79 Å². The fourth-order valence-corrected chi connectivity index (χ4v) is 1.01. The van der Waals surface area contributed by atoms with Crippen molar-refractivity contribution in [3.63, 3.8) is 0 Å². The van der Waals surface area contributed by atoms with E-state index in [0.717, 1.165) is 6.42 Å². The molecule has 1 N–H and O–H groups in total. The lowest BCUT2D eigenvalue weighted by atomic mass is 9.89. The second-order valence-corrected chi connectivity index (χ2v) is 5.28. The Bertz CT molecular complexity index is 261. The zero-order valence-corrected chi connectivity index (χ0v) is 10.5. The number of hydrogen-bond acceptors (Lipinski definition) is 2. The molecule has 0 aromatic heterocycles. The van der Waals surface area contributed by atoms with Crippen LogP contribution in [0, 0.1) is 16.7 Å². The molecule has 0 spiro atoms. The molecule has 0 aliphatic rings. The molecule has 3 heteroatoms. The van der Waals surface area contributed by atoms with Gasteiger partial charge in [0.05, 0.1) is 11.5 Å². The molecule has 0 saturated heterocycles. The molecular formula is C12H22N2O. The molecule has 0 aliphatic carbocycles. The molecule has 0 aromatic rings. The van der Waals surface area contributed by atoms with Crippen LogP contribution < -0.4 is 5.32 Å². The monoisotopic (exact) mass is 210 g/mol. The first-order valence-corrected chi connectivity index (χ1v) is 5.45. The van der Waals surface area contributed by atoms with Crippen LogP contribution in [-0.2, 0) is 4.79 Å². The Hall–Kier alpha value is -1.04. The van der Waals surface area contributed by atoms with E-state index in [1.807, 2.05) is 34.6 Å². The fraction of sp³-hybridized carbons (Fsp3) is 0.833. The summed E-state index contributed by atoms with van der Waals surface area (Å²) in [4.78, 5) is 11.6. The number of hydrogen-bond donors (Lipinski definition) is 1. The molecule has 0 rings (SSSR count). The first-order valence-electron chi connectivity index (χ1n) is 5.45. The number of rotatable bonds is 5. The number of nitrogens with zero attached hydrogens (tertiary/aromatic N) is 1. The first-order chi connectivity index (χ1) is 6.72. The van der Waals surface area contributed by atoms with E-state index < -0.39 is 5.41 Å². The van der Waals surface area contributed by atoms with Crippen LogP contribution in [0.5, 0.6) is 0 Å². The minimum absolute atomic E-state index is 0.0326. The quantitative estimate of drug-likeness (QED) is 0.758. The van der Waals surface area contributed by atoms with Gasteiger partial charge in [-0.1, -0.05) is 6.92 Å². The van der Waals surface area contributed by atoms with Crippen LogP contribution >= 0.6 is 0 Å². The summed E-state index contributed by atoms with van der Waals surface area (Å²) in [6.07, 6.45) is 1.93. The summed E-state index contributed by atoms with van der Waals surface area (Å²) in [5.41, 5.74) is -0.554. The second-order valence-electron chi connectivity index (χ2n) is 5.28. The van der Waals surface area contributed by atoms with Crippen molar-refractivity contribution in [3.8, 4) is 6.07 Å². The summed E-state index contributed by atoms with van der Waals surface area (Å²) in [6, 6.07) is 2.19. The molecule has 0 unspecified atom stereocenters. The van der Waals surface area contributed by atoms with E-state index in [4.69, 9.17) is 5.26 Å². The van der Waals surface area contributed by atoms with Gasteiger partial charge < -0.3 is 5.32 Å². The van der Waals surface area contributed by atoms with Crippen molar-refractivity contribution in [3.05, 3.63) is 0 Å². The second kappa shape index (κ2) is 5.16. The Kier molecular flexibility index (Phi) is 4.80. The summed E-state index contributed by atoms with van der Waals surface area (Å²) in [5, 5.41) is 11.8. The third-order valence-corrected chi connectivity index (χ3v) is 2.64. The predicted molar refractivity (Wildman–Crippen MR) is 61.1 cm³/mol. The van der Waals surface area contributed by atoms with Crippen molar-refractivity contribution in [2.75, 3.05) is 0 Å². The van der Waals surface area contributed by atoms with Crippen molar-refractivity contribution in [1.29, 1.82) is 5.26 Å². The molecule has 86 valence electrons. The molecular weight excluding hydrogens is 188 g/mol. The largest absolute Gasteiger partial charge is 0.351 e. The third-order valence-electron chi connectivity index (χ3n) is 2.64. The van der Waals surface area contributed by atoms with Crippen molar-refractivity contribution in [1.82, 2.24) is 5.32 Å². The van der Waals surface area contributed by atoms with Gasteiger partial charge in [0.2, 0.25) is 5.91 Å². The van der Waals surface area contributed by atoms with Crippen LogP contribution in [0.15, 0.2) is 0 Å². The molecule has 1 amide bonds. The smallest absolute Gasteiger partial charge is 0.220 e. The maximum absolute atomic E-state index is 11.6. The summed E-state index contributed by atoms with van der Waals surface area (Å²) in [5.74, 6) is 0.0326. The van der Waals surface area contributed by atoms with Crippen molar-refractivity contribution in [2.45, 2.75) is 59.4 Å². The van der Waals surface area contributed by atoms with Crippen LogP contribution in [0.4, 0.5) is 0 Å². The summed E-state index contributed by atoms with van der Waals surface area (Å²) in [6.45, 7) is 9.75. The van der Waals surface area contributed by atoms with Gasteiger partial charge in [0.1, 0.15) is 0 Å². The minimum Gasteiger partial charge on any atom is -0.351 e. The number of amides is 1. The van der Waals surface area contributed by atoms with Crippen LogP contribution in [-0.4, -0.2) is 11.4 Å². The summed E-state index contributed by atoms with van der Waals surface area (Å²) in [7, 11) is 0. The third kappa shape index (κ3) is 6.11. The minimum atomic E-state index is -0.409. The maximum Gasteiger partial charge on any atom is 0.220 e. The molecule has 3 nitrogen and oxygen atoms in total. The summed E-state index contributed by atoms with van der Waals surface area (Å²) < 4.78 is 0. The van der Waals surface area contributed by atoms with E-state index in [1.54, 1.807) is 0 Å². The van der Waals surface area contributed by atoms with Crippen LogP contribution in [0.1, 0.15) is 53.9 Å². The highest BCUT2D eigenvalue weighted by molar-refractivity contribution is 5.76. The highest BCUT2D eigenvalue weighted by Gasteiger charge is 2.21. The Morgan fingerprint density at radius 2 is 1.87 bits per heavy atom. The van der Waals surface area contributed by atoms with E-state index in [9.17, 15) is 4.79 Å². The molecule has 0 atom stereocenters. The highest BCUT2D eigenvalue weighted by Crippen LogP contribution is 2.20. The Labute approximate surface area is 92.9 Å². The van der Waals surface area contributed by atoms with Crippen LogP contribution in [0.3, 0.4) is 0 Å². The van der Waals surface area contributed by atoms with Crippen LogP contribution in [0.25, 0.3) is 0 Å². The molecule has 0 aliphatic heterocycles. The fourth-order valence-electron chi connectivity index (χ4n) is 1.01. The number of carbonyl (C=O) groups is 1. The maximum atomic E-state index is 11.6. The van der Waals surface area contributed by atoms with E-state index in [1.165, 1.54) is 0 Å². The normalized spacial score (nSPS) is 12.0. The van der Waals surface area contributed by atoms with Crippen LogP contribution in [0.2, 0.25) is 0 Å². The Morgan fingerprint density at radius 3 is 2.27 bits per heavy atom. The van der Waals surface area contributed by atoms with Gasteiger partial charge in [-0.2, -0.15) is 5.26 Å². The van der Waals surface area contributed by atoms with Gasteiger partial charge >= 0.3 is 0 Å². The standard InChI is InChI=1S/C12H22N2O/c1-6-12(4,5)14-10(15)7-8-11(2,3)9-13/h6-8H2,1-5H3,(H,14,15). The predicted octanol–water partition coefficient (Wildman–Crippen LogP) is 2.62. The lowest BCUT2D eigenvalue weighted by Crippen LogP contribution is -2.42. The Morgan fingerprint density at radius 1 is 1.33 bits per heavy atom. The Balaban J connectivity index is 4.03. The molecule has 0 bridgehead atoms. The lowest BCUT2D eigenvalue weighted by Gasteiger charge is -2.25. The number of carbonyl (C=O) groups excluding carboxylic acids is 1. The molecule has 0 aromatic carbocycles.